The quantitative estimate of drug-likeness (QED) is 0.779. The number of aromatic nitrogens is 1. The van der Waals surface area contributed by atoms with Crippen LogP contribution in [0.25, 0.3) is 0 Å². The number of hydrogen-bond acceptors (Lipinski definition) is 6. The van der Waals surface area contributed by atoms with Gasteiger partial charge in [0.05, 0.1) is 18.0 Å². The number of hydrogen-bond donors (Lipinski definition) is 0. The van der Waals surface area contributed by atoms with E-state index >= 15 is 0 Å². The Morgan fingerprint density at radius 1 is 1.28 bits per heavy atom. The van der Waals surface area contributed by atoms with Crippen molar-refractivity contribution < 1.29 is 18.8 Å². The number of aryl methyl sites for hydroxylation is 2. The van der Waals surface area contributed by atoms with Gasteiger partial charge in [-0.25, -0.2) is 9.80 Å². The van der Waals surface area contributed by atoms with E-state index in [2.05, 4.69) is 10.3 Å². The van der Waals surface area contributed by atoms with Gasteiger partial charge < -0.3 is 9.26 Å². The number of carbonyl (C=O) groups is 2. The Hall–Kier alpha value is -2.96. The van der Waals surface area contributed by atoms with E-state index in [1.807, 2.05) is 37.3 Å². The van der Waals surface area contributed by atoms with Crippen molar-refractivity contribution in [1.82, 2.24) is 10.2 Å². The van der Waals surface area contributed by atoms with Gasteiger partial charge in [-0.2, -0.15) is 5.10 Å². The SMILES string of the molecule is CCc1noc(C)c1C(=O)OCC(=O)N1CCC(c2ccccc2)=N1. The standard InChI is InChI=1S/C18H19N3O4/c1-3-14-17(12(2)25-20-14)18(23)24-11-16(22)21-10-9-15(19-21)13-7-5-4-6-8-13/h4-8H,3,9-11H2,1-2H3. The number of rotatable bonds is 5. The second kappa shape index (κ2) is 7.29. The monoisotopic (exact) mass is 341 g/mol. The summed E-state index contributed by atoms with van der Waals surface area (Å²) < 4.78 is 10.1. The molecule has 0 saturated carbocycles. The zero-order valence-corrected chi connectivity index (χ0v) is 14.2. The van der Waals surface area contributed by atoms with Crippen LogP contribution in [0.3, 0.4) is 0 Å². The first-order valence-corrected chi connectivity index (χ1v) is 8.15. The average molecular weight is 341 g/mol. The van der Waals surface area contributed by atoms with E-state index in [1.54, 1.807) is 6.92 Å². The van der Waals surface area contributed by atoms with Gasteiger partial charge in [-0.3, -0.25) is 4.79 Å². The highest BCUT2D eigenvalue weighted by Gasteiger charge is 2.25. The maximum absolute atomic E-state index is 12.2. The predicted octanol–water partition coefficient (Wildman–Crippen LogP) is 2.34. The molecule has 0 N–H and O–H groups in total. The molecule has 2 aromatic rings. The molecule has 1 aromatic carbocycles. The van der Waals surface area contributed by atoms with Crippen LogP contribution in [0.4, 0.5) is 0 Å². The van der Waals surface area contributed by atoms with Crippen LogP contribution in [0.1, 0.15) is 40.7 Å². The van der Waals surface area contributed by atoms with Crippen LogP contribution >= 0.6 is 0 Å². The van der Waals surface area contributed by atoms with Crippen LogP contribution in [0.2, 0.25) is 0 Å². The van der Waals surface area contributed by atoms with E-state index in [-0.39, 0.29) is 12.5 Å². The molecule has 0 spiro atoms. The Bertz CT molecular complexity index is 811. The molecule has 0 bridgehead atoms. The Kier molecular flexibility index (Phi) is 4.92. The zero-order chi connectivity index (χ0) is 17.8. The molecular formula is C18H19N3O4. The molecule has 1 aliphatic heterocycles. The van der Waals surface area contributed by atoms with Crippen LogP contribution in [0, 0.1) is 6.92 Å². The second-order valence-electron chi connectivity index (χ2n) is 5.67. The number of ether oxygens (including phenoxy) is 1. The molecule has 0 radical (unpaired) electrons. The zero-order valence-electron chi connectivity index (χ0n) is 14.2. The summed E-state index contributed by atoms with van der Waals surface area (Å²) in [6, 6.07) is 9.69. The Morgan fingerprint density at radius 3 is 2.76 bits per heavy atom. The molecule has 3 rings (SSSR count). The van der Waals surface area contributed by atoms with Gasteiger partial charge >= 0.3 is 5.97 Å². The van der Waals surface area contributed by atoms with E-state index in [4.69, 9.17) is 9.26 Å². The fraction of sp³-hybridized carbons (Fsp3) is 0.333. The molecule has 130 valence electrons. The third-order valence-electron chi connectivity index (χ3n) is 4.00. The van der Waals surface area contributed by atoms with Gasteiger partial charge in [-0.05, 0) is 18.9 Å². The summed E-state index contributed by atoms with van der Waals surface area (Å²) in [6.07, 6.45) is 1.22. The molecule has 1 aliphatic rings. The maximum Gasteiger partial charge on any atom is 0.344 e. The summed E-state index contributed by atoms with van der Waals surface area (Å²) >= 11 is 0. The Labute approximate surface area is 145 Å². The lowest BCUT2D eigenvalue weighted by atomic mass is 10.1. The van der Waals surface area contributed by atoms with Crippen LogP contribution in [0.5, 0.6) is 0 Å². The van der Waals surface area contributed by atoms with Crippen LogP contribution in [-0.4, -0.2) is 40.9 Å². The minimum Gasteiger partial charge on any atom is -0.452 e. The lowest BCUT2D eigenvalue weighted by Gasteiger charge is -2.11. The normalized spacial score (nSPS) is 13.7. The number of esters is 1. The number of carbonyl (C=O) groups excluding carboxylic acids is 2. The van der Waals surface area contributed by atoms with Gasteiger partial charge in [0.25, 0.3) is 5.91 Å². The van der Waals surface area contributed by atoms with Gasteiger partial charge in [-0.15, -0.1) is 0 Å². The number of amides is 1. The largest absolute Gasteiger partial charge is 0.452 e. The lowest BCUT2D eigenvalue weighted by Crippen LogP contribution is -2.29. The van der Waals surface area contributed by atoms with Gasteiger partial charge in [-0.1, -0.05) is 42.4 Å². The molecule has 2 heterocycles. The van der Waals surface area contributed by atoms with Crippen molar-refractivity contribution in [2.75, 3.05) is 13.2 Å². The van der Waals surface area contributed by atoms with E-state index in [0.29, 0.717) is 36.4 Å². The number of benzene rings is 1. The highest BCUT2D eigenvalue weighted by Crippen LogP contribution is 2.16. The maximum atomic E-state index is 12.2. The van der Waals surface area contributed by atoms with Gasteiger partial charge in [0, 0.05) is 6.42 Å². The van der Waals surface area contributed by atoms with E-state index in [1.165, 1.54) is 5.01 Å². The molecule has 0 saturated heterocycles. The van der Waals surface area contributed by atoms with Crippen molar-refractivity contribution in [1.29, 1.82) is 0 Å². The minimum atomic E-state index is -0.601. The van der Waals surface area contributed by atoms with Gasteiger partial charge in [0.15, 0.2) is 6.61 Å². The molecule has 1 amide bonds. The Morgan fingerprint density at radius 2 is 2.04 bits per heavy atom. The fourth-order valence-corrected chi connectivity index (χ4v) is 2.67. The van der Waals surface area contributed by atoms with Crippen molar-refractivity contribution in [2.45, 2.75) is 26.7 Å². The van der Waals surface area contributed by atoms with Crippen molar-refractivity contribution in [3.05, 3.63) is 52.9 Å². The third-order valence-corrected chi connectivity index (χ3v) is 4.00. The second-order valence-corrected chi connectivity index (χ2v) is 5.67. The van der Waals surface area contributed by atoms with Gasteiger partial charge in [0.1, 0.15) is 11.3 Å². The average Bonchev–Trinajstić information content (AvgIpc) is 3.27. The number of hydrazone groups is 1. The van der Waals surface area contributed by atoms with Crippen LogP contribution < -0.4 is 0 Å². The molecule has 25 heavy (non-hydrogen) atoms. The first-order chi connectivity index (χ1) is 12.1. The van der Waals surface area contributed by atoms with E-state index in [9.17, 15) is 9.59 Å². The van der Waals surface area contributed by atoms with Crippen molar-refractivity contribution in [2.24, 2.45) is 5.10 Å². The molecule has 7 nitrogen and oxygen atoms in total. The predicted molar refractivity (Wildman–Crippen MR) is 90.2 cm³/mol. The van der Waals surface area contributed by atoms with Crippen molar-refractivity contribution >= 4 is 17.6 Å². The first-order valence-electron chi connectivity index (χ1n) is 8.15. The fourth-order valence-electron chi connectivity index (χ4n) is 2.67. The highest BCUT2D eigenvalue weighted by atomic mass is 16.5. The lowest BCUT2D eigenvalue weighted by molar-refractivity contribution is -0.134. The topological polar surface area (TPSA) is 85.0 Å². The Balaban J connectivity index is 1.61. The van der Waals surface area contributed by atoms with Crippen molar-refractivity contribution in [3.8, 4) is 0 Å². The molecular weight excluding hydrogens is 322 g/mol. The smallest absolute Gasteiger partial charge is 0.344 e. The van der Waals surface area contributed by atoms with Crippen molar-refractivity contribution in [3.63, 3.8) is 0 Å². The molecule has 7 heteroatoms. The summed E-state index contributed by atoms with van der Waals surface area (Å²) in [7, 11) is 0. The third kappa shape index (κ3) is 3.60. The molecule has 0 fully saturated rings. The van der Waals surface area contributed by atoms with E-state index in [0.717, 1.165) is 11.3 Å². The summed E-state index contributed by atoms with van der Waals surface area (Å²) in [4.78, 5) is 24.4. The molecule has 1 aromatic heterocycles. The summed E-state index contributed by atoms with van der Waals surface area (Å²) in [5.41, 5.74) is 2.66. The van der Waals surface area contributed by atoms with E-state index < -0.39 is 5.97 Å². The first kappa shape index (κ1) is 16.9. The molecule has 0 aliphatic carbocycles. The van der Waals surface area contributed by atoms with Gasteiger partial charge in [0.2, 0.25) is 0 Å². The van der Waals surface area contributed by atoms with Crippen LogP contribution in [0.15, 0.2) is 40.0 Å². The summed E-state index contributed by atoms with van der Waals surface area (Å²) in [6.45, 7) is 3.62. The molecule has 0 atom stereocenters. The van der Waals surface area contributed by atoms with Crippen LogP contribution in [-0.2, 0) is 16.0 Å². The summed E-state index contributed by atoms with van der Waals surface area (Å²) in [5.74, 6) is -0.568. The highest BCUT2D eigenvalue weighted by molar-refractivity contribution is 6.02. The minimum absolute atomic E-state index is 0.296. The summed E-state index contributed by atoms with van der Waals surface area (Å²) in [5, 5.41) is 9.48. The number of nitrogens with zero attached hydrogens (tertiary/aromatic N) is 3. The molecule has 0 unspecified atom stereocenters.